The summed E-state index contributed by atoms with van der Waals surface area (Å²) in [4.78, 5) is 12.0. The summed E-state index contributed by atoms with van der Waals surface area (Å²) < 4.78 is 27.8. The van der Waals surface area contributed by atoms with E-state index in [1.807, 2.05) is 6.07 Å². The summed E-state index contributed by atoms with van der Waals surface area (Å²) in [6.07, 6.45) is 3.75. The molecule has 1 amide bonds. The second kappa shape index (κ2) is 10.3. The molecule has 144 valence electrons. The smallest absolute Gasteiger partial charge is 0.281 e. The highest BCUT2D eigenvalue weighted by Crippen LogP contribution is 2.20. The highest BCUT2D eigenvalue weighted by atomic mass is 35.5. The summed E-state index contributed by atoms with van der Waals surface area (Å²) in [5.41, 5.74) is 0. The van der Waals surface area contributed by atoms with Gasteiger partial charge >= 0.3 is 0 Å². The molecule has 2 aliphatic rings. The maximum Gasteiger partial charge on any atom is 0.281 e. The monoisotopic (exact) mass is 393 g/mol. The Morgan fingerprint density at radius 3 is 2.80 bits per heavy atom. The van der Waals surface area contributed by atoms with Gasteiger partial charge in [-0.2, -0.15) is 22.3 Å². The van der Waals surface area contributed by atoms with Crippen LogP contribution in [0, 0.1) is 17.2 Å². The predicted octanol–water partition coefficient (Wildman–Crippen LogP) is 0.0787. The van der Waals surface area contributed by atoms with Crippen LogP contribution in [-0.4, -0.2) is 68.7 Å². The van der Waals surface area contributed by atoms with Crippen LogP contribution in [0.1, 0.15) is 32.1 Å². The molecule has 2 atom stereocenters. The van der Waals surface area contributed by atoms with Crippen molar-refractivity contribution in [3.63, 3.8) is 0 Å². The lowest BCUT2D eigenvalue weighted by Crippen LogP contribution is -2.49. The molecule has 0 aromatic carbocycles. The lowest BCUT2D eigenvalue weighted by molar-refractivity contribution is -0.123. The van der Waals surface area contributed by atoms with Gasteiger partial charge in [-0.3, -0.25) is 4.79 Å². The third kappa shape index (κ3) is 6.08. The van der Waals surface area contributed by atoms with Crippen LogP contribution < -0.4 is 10.6 Å². The molecular formula is C15H28ClN5O3S. The normalized spacial score (nSPS) is 24.5. The molecule has 0 radical (unpaired) electrons. The minimum atomic E-state index is -3.53. The van der Waals surface area contributed by atoms with E-state index in [0.717, 1.165) is 32.2 Å². The van der Waals surface area contributed by atoms with Crippen LogP contribution >= 0.6 is 12.4 Å². The number of nitrogens with zero attached hydrogens (tertiary/aromatic N) is 3. The third-order valence-corrected chi connectivity index (χ3v) is 6.64. The lowest BCUT2D eigenvalue weighted by Gasteiger charge is -2.34. The fourth-order valence-electron chi connectivity index (χ4n) is 3.20. The first-order valence-electron chi connectivity index (χ1n) is 8.54. The number of piperidine rings is 1. The number of carbonyl (C=O) groups is 1. The van der Waals surface area contributed by atoms with Crippen molar-refractivity contribution in [1.29, 1.82) is 5.26 Å². The second-order valence-electron chi connectivity index (χ2n) is 6.50. The first-order chi connectivity index (χ1) is 11.4. The summed E-state index contributed by atoms with van der Waals surface area (Å²) in [5, 5.41) is 14.7. The lowest BCUT2D eigenvalue weighted by atomic mass is 9.99. The average molecular weight is 394 g/mol. The Bertz CT molecular complexity index is 574. The quantitative estimate of drug-likeness (QED) is 0.637. The molecule has 10 heteroatoms. The zero-order valence-electron chi connectivity index (χ0n) is 14.6. The number of halogens is 1. The minimum Gasteiger partial charge on any atom is -0.354 e. The van der Waals surface area contributed by atoms with Crippen molar-refractivity contribution in [1.82, 2.24) is 19.2 Å². The number of nitriles is 1. The van der Waals surface area contributed by atoms with Crippen LogP contribution in [0.2, 0.25) is 0 Å². The third-order valence-electron chi connectivity index (χ3n) is 4.68. The molecule has 0 aliphatic carbocycles. The molecule has 8 nitrogen and oxygen atoms in total. The van der Waals surface area contributed by atoms with Gasteiger partial charge in [-0.15, -0.1) is 12.4 Å². The molecule has 2 aliphatic heterocycles. The molecular weight excluding hydrogens is 366 g/mol. The van der Waals surface area contributed by atoms with Crippen LogP contribution in [0.3, 0.4) is 0 Å². The van der Waals surface area contributed by atoms with Crippen molar-refractivity contribution < 1.29 is 13.2 Å². The van der Waals surface area contributed by atoms with Gasteiger partial charge in [0.15, 0.2) is 0 Å². The fourth-order valence-corrected chi connectivity index (χ4v) is 4.67. The molecule has 0 bridgehead atoms. The van der Waals surface area contributed by atoms with Crippen LogP contribution in [0.25, 0.3) is 0 Å². The maximum absolute atomic E-state index is 12.5. The summed E-state index contributed by atoms with van der Waals surface area (Å²) in [6, 6.07) is 1.86. The molecule has 0 spiro atoms. The van der Waals surface area contributed by atoms with Gasteiger partial charge in [0, 0.05) is 39.6 Å². The van der Waals surface area contributed by atoms with Gasteiger partial charge in [0.2, 0.25) is 5.91 Å². The van der Waals surface area contributed by atoms with Crippen molar-refractivity contribution in [2.24, 2.45) is 5.92 Å². The van der Waals surface area contributed by atoms with E-state index in [1.54, 1.807) is 0 Å². The van der Waals surface area contributed by atoms with Gasteiger partial charge in [0.05, 0.1) is 12.1 Å². The number of hydrogen-bond donors (Lipinski definition) is 2. The Balaban J connectivity index is 0.00000312. The van der Waals surface area contributed by atoms with Gasteiger partial charge in [-0.1, -0.05) is 0 Å². The molecule has 2 saturated heterocycles. The van der Waals surface area contributed by atoms with Crippen LogP contribution in [0.5, 0.6) is 0 Å². The van der Waals surface area contributed by atoms with Gasteiger partial charge in [0.1, 0.15) is 0 Å². The molecule has 0 aromatic rings. The number of amides is 1. The Kier molecular flexibility index (Phi) is 9.10. The van der Waals surface area contributed by atoms with Gasteiger partial charge in [-0.05, 0) is 38.1 Å². The number of hydrogen-bond acceptors (Lipinski definition) is 5. The summed E-state index contributed by atoms with van der Waals surface area (Å²) >= 11 is 0. The Morgan fingerprint density at radius 1 is 1.40 bits per heavy atom. The van der Waals surface area contributed by atoms with Gasteiger partial charge < -0.3 is 10.6 Å². The van der Waals surface area contributed by atoms with Gasteiger partial charge in [0.25, 0.3) is 10.2 Å². The maximum atomic E-state index is 12.5. The molecule has 25 heavy (non-hydrogen) atoms. The Hall–Kier alpha value is -0.920. The molecule has 0 aromatic heterocycles. The molecule has 2 heterocycles. The zero-order valence-corrected chi connectivity index (χ0v) is 16.2. The zero-order chi connectivity index (χ0) is 17.6. The summed E-state index contributed by atoms with van der Waals surface area (Å²) in [5.74, 6) is 0.141. The highest BCUT2D eigenvalue weighted by Gasteiger charge is 2.32. The first-order valence-corrected chi connectivity index (χ1v) is 9.94. The summed E-state index contributed by atoms with van der Waals surface area (Å²) in [6.45, 7) is 2.49. The van der Waals surface area contributed by atoms with E-state index in [2.05, 4.69) is 10.6 Å². The fraction of sp³-hybridized carbons (Fsp3) is 0.867. The van der Waals surface area contributed by atoms with E-state index in [9.17, 15) is 13.2 Å². The number of nitrogens with one attached hydrogen (secondary N) is 2. The topological polar surface area (TPSA) is 106 Å². The van der Waals surface area contributed by atoms with Crippen LogP contribution in [-0.2, 0) is 15.0 Å². The molecule has 2 N–H and O–H groups in total. The first kappa shape index (κ1) is 22.1. The predicted molar refractivity (Wildman–Crippen MR) is 97.4 cm³/mol. The van der Waals surface area contributed by atoms with Gasteiger partial charge in [-0.25, -0.2) is 0 Å². The number of carbonyl (C=O) groups excluding carboxylic acids is 1. The van der Waals surface area contributed by atoms with E-state index < -0.39 is 10.2 Å². The van der Waals surface area contributed by atoms with Crippen molar-refractivity contribution in [3.05, 3.63) is 0 Å². The van der Waals surface area contributed by atoms with Crippen molar-refractivity contribution in [2.45, 2.75) is 38.1 Å². The number of rotatable bonds is 7. The van der Waals surface area contributed by atoms with Crippen LogP contribution in [0.4, 0.5) is 0 Å². The van der Waals surface area contributed by atoms with Crippen molar-refractivity contribution in [3.8, 4) is 6.07 Å². The summed E-state index contributed by atoms with van der Waals surface area (Å²) in [7, 11) is -2.03. The molecule has 2 unspecified atom stereocenters. The van der Waals surface area contributed by atoms with E-state index in [4.69, 9.17) is 5.26 Å². The largest absolute Gasteiger partial charge is 0.354 e. The minimum absolute atomic E-state index is 0. The molecule has 2 rings (SSSR count). The molecule has 0 saturated carbocycles. The van der Waals surface area contributed by atoms with E-state index in [0.29, 0.717) is 19.6 Å². The Labute approximate surface area is 156 Å². The van der Waals surface area contributed by atoms with E-state index >= 15 is 0 Å². The standard InChI is InChI=1S/C15H27N5O3S.ClH/c1-19(9-4-7-16)24(22,23)20-10-3-5-13(12-20)11-18-15(21)14-6-2-8-17-14;/h13-14,17H,2-6,8-12H2,1H3,(H,18,21);1H. The van der Waals surface area contributed by atoms with E-state index in [1.165, 1.54) is 15.7 Å². The molecule has 2 fully saturated rings. The van der Waals surface area contributed by atoms with Crippen LogP contribution in [0.15, 0.2) is 0 Å². The van der Waals surface area contributed by atoms with Crippen molar-refractivity contribution >= 4 is 28.5 Å². The highest BCUT2D eigenvalue weighted by molar-refractivity contribution is 7.86. The van der Waals surface area contributed by atoms with Crippen molar-refractivity contribution in [2.75, 3.05) is 39.8 Å². The Morgan fingerprint density at radius 2 is 2.16 bits per heavy atom. The second-order valence-corrected chi connectivity index (χ2v) is 8.53. The SMILES string of the molecule is CN(CCC#N)S(=O)(=O)N1CCCC(CNC(=O)C2CCCN2)C1.Cl. The average Bonchev–Trinajstić information content (AvgIpc) is 3.12. The van der Waals surface area contributed by atoms with E-state index in [-0.39, 0.29) is 43.2 Å².